The maximum atomic E-state index is 14.2. The van der Waals surface area contributed by atoms with Crippen molar-refractivity contribution < 1.29 is 33.6 Å². The molecule has 48 heavy (non-hydrogen) atoms. The second-order valence-electron chi connectivity index (χ2n) is 14.9. The maximum absolute atomic E-state index is 14.2. The van der Waals surface area contributed by atoms with Gasteiger partial charge in [-0.25, -0.2) is 9.59 Å². The summed E-state index contributed by atoms with van der Waals surface area (Å²) in [6, 6.07) is -4.63. The van der Waals surface area contributed by atoms with Crippen molar-refractivity contribution >= 4 is 41.5 Å². The minimum atomic E-state index is -1.04. The lowest BCUT2D eigenvalue weighted by Gasteiger charge is -2.41. The Hall–Kier alpha value is -3.97. The Morgan fingerprint density at radius 2 is 1.69 bits per heavy atom. The lowest BCUT2D eigenvalue weighted by molar-refractivity contribution is -0.143. The molecule has 2 heterocycles. The van der Waals surface area contributed by atoms with Gasteiger partial charge in [0.15, 0.2) is 0 Å². The van der Waals surface area contributed by atoms with E-state index in [2.05, 4.69) is 34.8 Å². The molecule has 2 aliphatic rings. The number of nitrogens with one attached hydrogen (secondary N) is 4. The largest absolute Gasteiger partial charge is 0.346 e. The molecule has 0 bridgehead atoms. The Labute approximate surface area is 285 Å². The molecule has 4 atom stereocenters. The number of ketones is 1. The highest BCUT2D eigenvalue weighted by Gasteiger charge is 2.44. The molecular weight excluding hydrogens is 618 g/mol. The van der Waals surface area contributed by atoms with Crippen molar-refractivity contribution in [2.75, 3.05) is 33.2 Å². The third-order valence-corrected chi connectivity index (χ3v) is 8.91. The van der Waals surface area contributed by atoms with E-state index in [1.807, 2.05) is 41.5 Å². The number of hydrogen-bond donors (Lipinski definition) is 4. The summed E-state index contributed by atoms with van der Waals surface area (Å²) in [4.78, 5) is 95.6. The van der Waals surface area contributed by atoms with Gasteiger partial charge >= 0.3 is 12.1 Å². The predicted molar refractivity (Wildman–Crippen MR) is 182 cm³/mol. The SMILES string of the molecule is C=CCNC(=O)C(=O)C(CCCCCC)NC(=O)[C@@H]1CCCN1C(=O)[C@@H](NC(=O)N(C)[C@H](CN1C(=O)CNC1=O)C(C)(C)C)C(C)(C)C. The van der Waals surface area contributed by atoms with Crippen LogP contribution in [0, 0.1) is 10.8 Å². The molecular formula is C34H57N7O7. The summed E-state index contributed by atoms with van der Waals surface area (Å²) >= 11 is 0. The molecule has 0 aliphatic carbocycles. The number of amides is 8. The van der Waals surface area contributed by atoms with E-state index >= 15 is 0 Å². The Kier molecular flexibility index (Phi) is 14.6. The standard InChI is InChI=1S/C34H57N7O7/c1-10-12-13-14-16-22(26(43)29(45)35-18-11-2)37-28(44)23-17-15-19-40(23)30(46)27(34(6,7)8)38-32(48)39(9)24(33(3,4)5)21-41-25(42)20-36-31(41)47/h11,22-24,27H,2,10,12-21H2,1,3-9H3,(H,35,45)(H,36,47)(H,37,44)(H,38,48)/t22?,23-,24+,27+/m0/s1. The first kappa shape index (κ1) is 40.2. The molecule has 14 nitrogen and oxygen atoms in total. The Bertz CT molecular complexity index is 1210. The zero-order valence-electron chi connectivity index (χ0n) is 30.1. The van der Waals surface area contributed by atoms with Crippen molar-refractivity contribution in [3.05, 3.63) is 12.7 Å². The van der Waals surface area contributed by atoms with Crippen LogP contribution in [0.25, 0.3) is 0 Å². The van der Waals surface area contributed by atoms with Crippen molar-refractivity contribution in [3.8, 4) is 0 Å². The van der Waals surface area contributed by atoms with Gasteiger partial charge < -0.3 is 31.1 Å². The number of rotatable bonds is 16. The number of likely N-dealkylation sites (N-methyl/N-ethyl adjacent to an activating group) is 1. The van der Waals surface area contributed by atoms with E-state index in [4.69, 9.17) is 0 Å². The molecule has 0 spiro atoms. The molecule has 2 rings (SSSR count). The van der Waals surface area contributed by atoms with E-state index in [-0.39, 0.29) is 32.1 Å². The molecule has 4 N–H and O–H groups in total. The Balaban J connectivity index is 2.25. The number of nitrogens with zero attached hydrogens (tertiary/aromatic N) is 3. The Morgan fingerprint density at radius 3 is 2.23 bits per heavy atom. The number of carbonyl (C=O) groups excluding carboxylic acids is 7. The van der Waals surface area contributed by atoms with Gasteiger partial charge in [-0.15, -0.1) is 6.58 Å². The monoisotopic (exact) mass is 675 g/mol. The van der Waals surface area contributed by atoms with Crippen molar-refractivity contribution in [1.29, 1.82) is 0 Å². The fraction of sp³-hybridized carbons (Fsp3) is 0.735. The van der Waals surface area contributed by atoms with Crippen LogP contribution in [0.2, 0.25) is 0 Å². The third kappa shape index (κ3) is 10.8. The number of likely N-dealkylation sites (tertiary alicyclic amines) is 1. The molecule has 0 aromatic rings. The number of urea groups is 2. The molecule has 0 radical (unpaired) electrons. The van der Waals surface area contributed by atoms with Gasteiger partial charge in [-0.2, -0.15) is 0 Å². The number of Topliss-reactive ketones (excluding diaryl/α,β-unsaturated/α-hetero) is 1. The molecule has 0 saturated carbocycles. The quantitative estimate of drug-likeness (QED) is 0.0840. The first-order valence-electron chi connectivity index (χ1n) is 17.0. The second kappa shape index (κ2) is 17.4. The van der Waals surface area contributed by atoms with Crippen LogP contribution in [-0.2, 0) is 24.0 Å². The predicted octanol–water partition coefficient (Wildman–Crippen LogP) is 2.33. The van der Waals surface area contributed by atoms with Gasteiger partial charge in [-0.1, -0.05) is 80.2 Å². The van der Waals surface area contributed by atoms with Gasteiger partial charge in [0, 0.05) is 20.1 Å². The number of imide groups is 1. The number of carbonyl (C=O) groups is 7. The topological polar surface area (TPSA) is 177 Å². The summed E-state index contributed by atoms with van der Waals surface area (Å²) in [5.41, 5.74) is -1.30. The summed E-state index contributed by atoms with van der Waals surface area (Å²) in [6.45, 7) is 17.0. The lowest BCUT2D eigenvalue weighted by Crippen LogP contribution is -2.62. The number of hydrogen-bond acceptors (Lipinski definition) is 7. The summed E-state index contributed by atoms with van der Waals surface area (Å²) in [7, 11) is 1.56. The smallest absolute Gasteiger partial charge is 0.324 e. The summed E-state index contributed by atoms with van der Waals surface area (Å²) in [6.07, 6.45) is 6.08. The van der Waals surface area contributed by atoms with E-state index in [0.717, 1.165) is 24.2 Å². The Morgan fingerprint density at radius 1 is 1.02 bits per heavy atom. The van der Waals surface area contributed by atoms with Crippen molar-refractivity contribution in [2.24, 2.45) is 10.8 Å². The van der Waals surface area contributed by atoms with Crippen molar-refractivity contribution in [1.82, 2.24) is 36.0 Å². The van der Waals surface area contributed by atoms with Crippen LogP contribution in [0.15, 0.2) is 12.7 Å². The second-order valence-corrected chi connectivity index (χ2v) is 14.9. The molecule has 2 aliphatic heterocycles. The van der Waals surface area contributed by atoms with E-state index in [1.165, 1.54) is 15.9 Å². The van der Waals surface area contributed by atoms with Crippen LogP contribution < -0.4 is 21.3 Å². The molecule has 2 fully saturated rings. The summed E-state index contributed by atoms with van der Waals surface area (Å²) in [5, 5.41) is 10.6. The first-order valence-corrected chi connectivity index (χ1v) is 17.0. The minimum Gasteiger partial charge on any atom is -0.346 e. The van der Waals surface area contributed by atoms with Gasteiger partial charge in [-0.05, 0) is 30.1 Å². The van der Waals surface area contributed by atoms with Gasteiger partial charge in [-0.3, -0.25) is 28.9 Å². The van der Waals surface area contributed by atoms with Gasteiger partial charge in [0.2, 0.25) is 23.5 Å². The number of unbranched alkanes of at least 4 members (excludes halogenated alkanes) is 3. The van der Waals surface area contributed by atoms with Gasteiger partial charge in [0.1, 0.15) is 12.1 Å². The molecule has 0 aromatic carbocycles. The third-order valence-electron chi connectivity index (χ3n) is 8.91. The molecule has 270 valence electrons. The van der Waals surface area contributed by atoms with Crippen LogP contribution in [0.5, 0.6) is 0 Å². The van der Waals surface area contributed by atoms with E-state index < -0.39 is 70.6 Å². The van der Waals surface area contributed by atoms with E-state index in [0.29, 0.717) is 25.7 Å². The molecule has 2 saturated heterocycles. The molecule has 8 amide bonds. The van der Waals surface area contributed by atoms with Crippen molar-refractivity contribution in [2.45, 2.75) is 118 Å². The zero-order chi connectivity index (χ0) is 36.4. The van der Waals surface area contributed by atoms with Crippen LogP contribution >= 0.6 is 0 Å². The summed E-state index contributed by atoms with van der Waals surface area (Å²) < 4.78 is 0. The van der Waals surface area contributed by atoms with Crippen LogP contribution in [0.4, 0.5) is 9.59 Å². The average Bonchev–Trinajstić information content (AvgIpc) is 3.63. The fourth-order valence-electron chi connectivity index (χ4n) is 6.00. The maximum Gasteiger partial charge on any atom is 0.324 e. The van der Waals surface area contributed by atoms with Crippen molar-refractivity contribution in [3.63, 3.8) is 0 Å². The average molecular weight is 676 g/mol. The first-order chi connectivity index (χ1) is 22.3. The normalized spacial score (nSPS) is 18.5. The highest BCUT2D eigenvalue weighted by atomic mass is 16.2. The van der Waals surface area contributed by atoms with E-state index in [1.54, 1.807) is 7.05 Å². The van der Waals surface area contributed by atoms with Crippen LogP contribution in [0.3, 0.4) is 0 Å². The zero-order valence-corrected chi connectivity index (χ0v) is 30.1. The van der Waals surface area contributed by atoms with Crippen LogP contribution in [-0.4, -0.2) is 114 Å². The minimum absolute atomic E-state index is 0.0233. The van der Waals surface area contributed by atoms with E-state index in [9.17, 15) is 33.6 Å². The molecule has 14 heteroatoms. The molecule has 1 unspecified atom stereocenters. The van der Waals surface area contributed by atoms with Crippen LogP contribution in [0.1, 0.15) is 93.4 Å². The highest BCUT2D eigenvalue weighted by molar-refractivity contribution is 6.38. The summed E-state index contributed by atoms with van der Waals surface area (Å²) in [5.74, 6) is -2.91. The highest BCUT2D eigenvalue weighted by Crippen LogP contribution is 2.28. The van der Waals surface area contributed by atoms with Gasteiger partial charge in [0.25, 0.3) is 5.91 Å². The van der Waals surface area contributed by atoms with Gasteiger partial charge in [0.05, 0.1) is 25.2 Å². The lowest BCUT2D eigenvalue weighted by atomic mass is 9.84. The molecule has 0 aromatic heterocycles. The fourth-order valence-corrected chi connectivity index (χ4v) is 6.00.